The highest BCUT2D eigenvalue weighted by atomic mass is 35.5. The third-order valence-corrected chi connectivity index (χ3v) is 2.81. The van der Waals surface area contributed by atoms with Gasteiger partial charge in [-0.3, -0.25) is 0 Å². The molecule has 0 fully saturated rings. The molecule has 0 N–H and O–H groups in total. The van der Waals surface area contributed by atoms with Crippen LogP contribution in [0.4, 0.5) is 13.2 Å². The van der Waals surface area contributed by atoms with Gasteiger partial charge in [0.05, 0.1) is 23.3 Å². The zero-order valence-corrected chi connectivity index (χ0v) is 10.4. The summed E-state index contributed by atoms with van der Waals surface area (Å²) in [6, 6.07) is 3.52. The molecule has 0 saturated heterocycles. The Balaban J connectivity index is 3.29. The fourth-order valence-electron chi connectivity index (χ4n) is 1.17. The second-order valence-electron chi connectivity index (χ2n) is 2.98. The zero-order valence-electron chi connectivity index (χ0n) is 8.84. The number of thioether (sulfide) groups is 1. The van der Waals surface area contributed by atoms with E-state index in [4.69, 9.17) is 16.9 Å². The number of hydrogen-bond donors (Lipinski definition) is 0. The van der Waals surface area contributed by atoms with Crippen LogP contribution in [0.2, 0.25) is 5.02 Å². The Bertz CT molecular complexity index is 525. The van der Waals surface area contributed by atoms with Crippen molar-refractivity contribution in [3.63, 3.8) is 0 Å². The van der Waals surface area contributed by atoms with Crippen molar-refractivity contribution >= 4 is 29.3 Å². The summed E-state index contributed by atoms with van der Waals surface area (Å²) in [5.41, 5.74) is -5.00. The average Bonchev–Trinajstić information content (AvgIpc) is 2.24. The number of methoxy groups -OCH3 is 1. The van der Waals surface area contributed by atoms with Crippen molar-refractivity contribution in [2.75, 3.05) is 7.11 Å². The van der Waals surface area contributed by atoms with Crippen LogP contribution in [0.25, 0.3) is 0 Å². The van der Waals surface area contributed by atoms with E-state index < -0.39 is 23.2 Å². The summed E-state index contributed by atoms with van der Waals surface area (Å²) < 4.78 is 40.9. The third kappa shape index (κ3) is 3.55. The second kappa shape index (κ2) is 5.50. The molecule has 0 saturated carbocycles. The van der Waals surface area contributed by atoms with Crippen LogP contribution < -0.4 is 0 Å². The van der Waals surface area contributed by atoms with Crippen LogP contribution in [0.5, 0.6) is 0 Å². The highest BCUT2D eigenvalue weighted by Gasteiger charge is 2.30. The summed E-state index contributed by atoms with van der Waals surface area (Å²) in [6.45, 7) is 0. The highest BCUT2D eigenvalue weighted by Crippen LogP contribution is 2.39. The van der Waals surface area contributed by atoms with Crippen LogP contribution >= 0.6 is 23.4 Å². The van der Waals surface area contributed by atoms with Gasteiger partial charge in [0.15, 0.2) is 0 Å². The van der Waals surface area contributed by atoms with E-state index in [1.54, 1.807) is 6.07 Å². The molecule has 0 radical (unpaired) electrons. The van der Waals surface area contributed by atoms with Gasteiger partial charge in [0.1, 0.15) is 6.07 Å². The van der Waals surface area contributed by atoms with Gasteiger partial charge in [-0.2, -0.15) is 18.4 Å². The number of carbonyl (C=O) groups excluding carboxylic acids is 1. The Kier molecular flexibility index (Phi) is 4.48. The molecule has 18 heavy (non-hydrogen) atoms. The number of esters is 1. The summed E-state index contributed by atoms with van der Waals surface area (Å²) in [5.74, 6) is -0.875. The quantitative estimate of drug-likeness (QED) is 0.618. The third-order valence-electron chi connectivity index (χ3n) is 1.81. The number of benzene rings is 1. The summed E-state index contributed by atoms with van der Waals surface area (Å²) in [7, 11) is 1.08. The number of carbonyl (C=O) groups is 1. The maximum atomic E-state index is 12.2. The highest BCUT2D eigenvalue weighted by molar-refractivity contribution is 8.00. The van der Waals surface area contributed by atoms with Gasteiger partial charge in [0.2, 0.25) is 0 Å². The van der Waals surface area contributed by atoms with Crippen molar-refractivity contribution in [3.05, 3.63) is 28.3 Å². The average molecular weight is 296 g/mol. The van der Waals surface area contributed by atoms with Crippen molar-refractivity contribution in [1.29, 1.82) is 5.26 Å². The first-order chi connectivity index (χ1) is 8.28. The molecule has 0 aliphatic rings. The predicted molar refractivity (Wildman–Crippen MR) is 59.4 cm³/mol. The van der Waals surface area contributed by atoms with Gasteiger partial charge in [-0.15, -0.1) is 0 Å². The van der Waals surface area contributed by atoms with Crippen LogP contribution in [0.3, 0.4) is 0 Å². The largest absolute Gasteiger partial charge is 0.465 e. The SMILES string of the molecule is COC(=O)c1c(Cl)cc(SC(F)(F)F)cc1C#N. The lowest BCUT2D eigenvalue weighted by atomic mass is 10.1. The van der Waals surface area contributed by atoms with Gasteiger partial charge in [-0.05, 0) is 23.9 Å². The van der Waals surface area contributed by atoms with Crippen molar-refractivity contribution in [2.24, 2.45) is 0 Å². The molecule has 0 aliphatic heterocycles. The smallest absolute Gasteiger partial charge is 0.446 e. The van der Waals surface area contributed by atoms with Crippen molar-refractivity contribution in [1.82, 2.24) is 0 Å². The maximum absolute atomic E-state index is 12.2. The molecule has 0 aliphatic carbocycles. The van der Waals surface area contributed by atoms with Gasteiger partial charge in [-0.25, -0.2) is 4.79 Å². The molecule has 0 aromatic heterocycles. The monoisotopic (exact) mass is 295 g/mol. The lowest BCUT2D eigenvalue weighted by Gasteiger charge is -2.09. The summed E-state index contributed by atoms with van der Waals surface area (Å²) in [5, 5.41) is 8.55. The van der Waals surface area contributed by atoms with Crippen molar-refractivity contribution < 1.29 is 22.7 Å². The second-order valence-corrected chi connectivity index (χ2v) is 4.52. The number of nitrogens with zero attached hydrogens (tertiary/aromatic N) is 1. The number of ether oxygens (including phenoxy) is 1. The molecule has 1 rings (SSSR count). The summed E-state index contributed by atoms with van der Waals surface area (Å²) >= 11 is 5.27. The Morgan fingerprint density at radius 1 is 1.50 bits per heavy atom. The fourth-order valence-corrected chi connectivity index (χ4v) is 2.15. The molecular weight excluding hydrogens is 291 g/mol. The van der Waals surface area contributed by atoms with Crippen LogP contribution in [-0.2, 0) is 4.74 Å². The molecule has 0 bridgehead atoms. The normalized spacial score (nSPS) is 10.9. The van der Waals surface area contributed by atoms with E-state index in [-0.39, 0.29) is 21.0 Å². The number of rotatable bonds is 2. The molecule has 8 heteroatoms. The minimum absolute atomic E-state index is 0.242. The molecule has 0 unspecified atom stereocenters. The topological polar surface area (TPSA) is 50.1 Å². The molecule has 0 atom stereocenters. The predicted octanol–water partition coefficient (Wildman–Crippen LogP) is 3.61. The van der Waals surface area contributed by atoms with Crippen LogP contribution in [0.15, 0.2) is 17.0 Å². The molecule has 0 heterocycles. The summed E-state index contributed by atoms with van der Waals surface area (Å²) in [4.78, 5) is 11.1. The minimum Gasteiger partial charge on any atom is -0.465 e. The lowest BCUT2D eigenvalue weighted by molar-refractivity contribution is -0.0328. The van der Waals surface area contributed by atoms with Gasteiger partial charge in [0.25, 0.3) is 0 Å². The Morgan fingerprint density at radius 2 is 2.11 bits per heavy atom. The van der Waals surface area contributed by atoms with Gasteiger partial charge >= 0.3 is 11.5 Å². The van der Waals surface area contributed by atoms with Gasteiger partial charge in [-0.1, -0.05) is 11.6 Å². The molecule has 1 aromatic carbocycles. The van der Waals surface area contributed by atoms with E-state index in [1.165, 1.54) is 0 Å². The van der Waals surface area contributed by atoms with Crippen molar-refractivity contribution in [2.45, 2.75) is 10.4 Å². The Morgan fingerprint density at radius 3 is 2.56 bits per heavy atom. The first-order valence-electron chi connectivity index (χ1n) is 4.36. The van der Waals surface area contributed by atoms with Gasteiger partial charge < -0.3 is 4.74 Å². The van der Waals surface area contributed by atoms with E-state index in [2.05, 4.69) is 4.74 Å². The van der Waals surface area contributed by atoms with E-state index >= 15 is 0 Å². The van der Waals surface area contributed by atoms with Gasteiger partial charge in [0, 0.05) is 4.90 Å². The van der Waals surface area contributed by atoms with E-state index in [0.717, 1.165) is 19.2 Å². The van der Waals surface area contributed by atoms with E-state index in [0.29, 0.717) is 0 Å². The molecular formula is C10H5ClF3NO2S. The van der Waals surface area contributed by atoms with E-state index in [1.807, 2.05) is 0 Å². The van der Waals surface area contributed by atoms with Crippen molar-refractivity contribution in [3.8, 4) is 6.07 Å². The zero-order chi connectivity index (χ0) is 13.9. The Hall–Kier alpha value is -1.39. The first kappa shape index (κ1) is 14.7. The molecule has 1 aromatic rings. The number of alkyl halides is 3. The molecule has 96 valence electrons. The number of hydrogen-bond acceptors (Lipinski definition) is 4. The lowest BCUT2D eigenvalue weighted by Crippen LogP contribution is -2.06. The Labute approximate surface area is 109 Å². The number of halogens is 4. The first-order valence-corrected chi connectivity index (χ1v) is 5.55. The molecule has 0 amide bonds. The van der Waals surface area contributed by atoms with Crippen LogP contribution in [-0.4, -0.2) is 18.6 Å². The number of nitriles is 1. The van der Waals surface area contributed by atoms with E-state index in [9.17, 15) is 18.0 Å². The van der Waals surface area contributed by atoms with Crippen LogP contribution in [0.1, 0.15) is 15.9 Å². The molecule has 0 spiro atoms. The van der Waals surface area contributed by atoms with Crippen LogP contribution in [0, 0.1) is 11.3 Å². The molecule has 3 nitrogen and oxygen atoms in total. The minimum atomic E-state index is -4.50. The maximum Gasteiger partial charge on any atom is 0.446 e. The fraction of sp³-hybridized carbons (Fsp3) is 0.200. The summed E-state index contributed by atoms with van der Waals surface area (Å²) in [6.07, 6.45) is 0. The standard InChI is InChI=1S/C10H5ClF3NO2S/c1-17-9(16)8-5(4-15)2-6(3-7(8)11)18-10(12,13)14/h2-3H,1H3.